The van der Waals surface area contributed by atoms with Crippen molar-refractivity contribution < 1.29 is 13.6 Å². The molecule has 0 aliphatic carbocycles. The van der Waals surface area contributed by atoms with Crippen molar-refractivity contribution >= 4 is 28.8 Å². The van der Waals surface area contributed by atoms with Crippen molar-refractivity contribution in [2.24, 2.45) is 0 Å². The minimum atomic E-state index is -2.56. The van der Waals surface area contributed by atoms with E-state index in [0.717, 1.165) is 9.91 Å². The van der Waals surface area contributed by atoms with Gasteiger partial charge in [-0.3, -0.25) is 4.79 Å². The van der Waals surface area contributed by atoms with E-state index in [1.165, 1.54) is 11.3 Å². The molecule has 1 aromatic heterocycles. The molecular formula is C9H11ClF2N2OS. The predicted octanol–water partition coefficient (Wildman–Crippen LogP) is 2.40. The van der Waals surface area contributed by atoms with Gasteiger partial charge in [0, 0.05) is 17.8 Å². The van der Waals surface area contributed by atoms with E-state index < -0.39 is 18.9 Å². The van der Waals surface area contributed by atoms with Gasteiger partial charge in [-0.2, -0.15) is 0 Å². The number of halogens is 3. The zero-order valence-corrected chi connectivity index (χ0v) is 10.2. The summed E-state index contributed by atoms with van der Waals surface area (Å²) in [5.41, 5.74) is 0.202. The minimum Gasteiger partial charge on any atom is -0.330 e. The first-order valence-corrected chi connectivity index (χ1v) is 6.01. The highest BCUT2D eigenvalue weighted by molar-refractivity contribution is 7.09. The fourth-order valence-corrected chi connectivity index (χ4v) is 1.96. The third-order valence-corrected chi connectivity index (χ3v) is 2.78. The normalized spacial score (nSPS) is 10.8. The smallest absolute Gasteiger partial charge is 0.273 e. The molecule has 0 bridgehead atoms. The Morgan fingerprint density at radius 2 is 2.38 bits per heavy atom. The monoisotopic (exact) mass is 268 g/mol. The van der Waals surface area contributed by atoms with Gasteiger partial charge in [0.1, 0.15) is 5.69 Å². The number of hydrogen-bond acceptors (Lipinski definition) is 3. The number of carbonyl (C=O) groups is 1. The molecular weight excluding hydrogens is 258 g/mol. The van der Waals surface area contributed by atoms with Gasteiger partial charge in [0.05, 0.1) is 11.6 Å². The van der Waals surface area contributed by atoms with Gasteiger partial charge in [-0.25, -0.2) is 13.8 Å². The maximum Gasteiger partial charge on any atom is 0.273 e. The summed E-state index contributed by atoms with van der Waals surface area (Å²) in [5.74, 6) is -0.369. The van der Waals surface area contributed by atoms with Crippen LogP contribution < -0.4 is 0 Å². The maximum absolute atomic E-state index is 12.2. The number of alkyl halides is 3. The van der Waals surface area contributed by atoms with Crippen LogP contribution in [-0.2, 0) is 0 Å². The summed E-state index contributed by atoms with van der Waals surface area (Å²) >= 11 is 6.77. The lowest BCUT2D eigenvalue weighted by atomic mass is 10.4. The molecule has 3 nitrogen and oxygen atoms in total. The molecule has 7 heteroatoms. The van der Waals surface area contributed by atoms with E-state index >= 15 is 0 Å². The van der Waals surface area contributed by atoms with E-state index in [2.05, 4.69) is 4.98 Å². The molecule has 0 saturated heterocycles. The summed E-state index contributed by atoms with van der Waals surface area (Å²) in [7, 11) is 0. The molecule has 16 heavy (non-hydrogen) atoms. The van der Waals surface area contributed by atoms with Gasteiger partial charge in [0.15, 0.2) is 0 Å². The maximum atomic E-state index is 12.2. The highest BCUT2D eigenvalue weighted by Gasteiger charge is 2.20. The van der Waals surface area contributed by atoms with E-state index in [-0.39, 0.29) is 18.1 Å². The third-order valence-electron chi connectivity index (χ3n) is 1.84. The molecule has 1 amide bonds. The lowest BCUT2D eigenvalue weighted by Crippen LogP contribution is -2.36. The molecule has 0 saturated carbocycles. The number of carbonyl (C=O) groups excluding carboxylic acids is 1. The number of nitrogens with zero attached hydrogens (tertiary/aromatic N) is 2. The van der Waals surface area contributed by atoms with Crippen LogP contribution in [0.3, 0.4) is 0 Å². The van der Waals surface area contributed by atoms with Crippen molar-refractivity contribution in [3.8, 4) is 0 Å². The molecule has 0 aliphatic rings. The molecule has 1 aromatic rings. The number of rotatable bonds is 5. The van der Waals surface area contributed by atoms with Gasteiger partial charge in [0.25, 0.3) is 12.3 Å². The van der Waals surface area contributed by atoms with Gasteiger partial charge < -0.3 is 4.90 Å². The topological polar surface area (TPSA) is 33.2 Å². The zero-order chi connectivity index (χ0) is 12.1. The van der Waals surface area contributed by atoms with Gasteiger partial charge in [-0.1, -0.05) is 0 Å². The fourth-order valence-electron chi connectivity index (χ4n) is 1.17. The van der Waals surface area contributed by atoms with Crippen molar-refractivity contribution in [3.05, 3.63) is 16.1 Å². The Kier molecular flexibility index (Phi) is 5.08. The lowest BCUT2D eigenvalue weighted by molar-refractivity contribution is 0.0566. The molecule has 0 spiro atoms. The summed E-state index contributed by atoms with van der Waals surface area (Å²) < 4.78 is 24.5. The first-order chi connectivity index (χ1) is 7.54. The number of thiazole rings is 1. The van der Waals surface area contributed by atoms with Crippen LogP contribution in [0.4, 0.5) is 8.78 Å². The summed E-state index contributed by atoms with van der Waals surface area (Å²) in [5, 5.41) is 2.29. The van der Waals surface area contributed by atoms with Gasteiger partial charge in [-0.05, 0) is 6.92 Å². The minimum absolute atomic E-state index is 0.0985. The SMILES string of the molecule is Cc1nc(C(=O)N(CCCl)CC(F)F)cs1. The van der Waals surface area contributed by atoms with E-state index in [9.17, 15) is 13.6 Å². The molecule has 0 radical (unpaired) electrons. The molecule has 1 rings (SSSR count). The van der Waals surface area contributed by atoms with E-state index in [4.69, 9.17) is 11.6 Å². The number of amides is 1. The summed E-state index contributed by atoms with van der Waals surface area (Å²) in [6.07, 6.45) is -2.56. The van der Waals surface area contributed by atoms with Crippen LogP contribution >= 0.6 is 22.9 Å². The molecule has 0 unspecified atom stereocenters. The number of aryl methyl sites for hydroxylation is 1. The first kappa shape index (κ1) is 13.3. The van der Waals surface area contributed by atoms with Gasteiger partial charge in [-0.15, -0.1) is 22.9 Å². The van der Waals surface area contributed by atoms with Crippen LogP contribution in [-0.4, -0.2) is 41.2 Å². The molecule has 1 heterocycles. The van der Waals surface area contributed by atoms with Gasteiger partial charge in [0.2, 0.25) is 0 Å². The summed E-state index contributed by atoms with van der Waals surface area (Å²) in [4.78, 5) is 16.7. The van der Waals surface area contributed by atoms with Crippen molar-refractivity contribution in [3.63, 3.8) is 0 Å². The number of aromatic nitrogens is 1. The third kappa shape index (κ3) is 3.68. The van der Waals surface area contributed by atoms with Crippen LogP contribution in [0.5, 0.6) is 0 Å². The predicted molar refractivity (Wildman–Crippen MR) is 59.5 cm³/mol. The van der Waals surface area contributed by atoms with Gasteiger partial charge >= 0.3 is 0 Å². The zero-order valence-electron chi connectivity index (χ0n) is 8.62. The molecule has 0 fully saturated rings. The quantitative estimate of drug-likeness (QED) is 0.769. The Morgan fingerprint density at radius 1 is 1.69 bits per heavy atom. The van der Waals surface area contributed by atoms with Crippen LogP contribution in [0.15, 0.2) is 5.38 Å². The molecule has 0 N–H and O–H groups in total. The van der Waals surface area contributed by atoms with Crippen LogP contribution in [0.25, 0.3) is 0 Å². The van der Waals surface area contributed by atoms with Crippen molar-refractivity contribution in [2.45, 2.75) is 13.3 Å². The van der Waals surface area contributed by atoms with E-state index in [1.54, 1.807) is 12.3 Å². The van der Waals surface area contributed by atoms with E-state index in [0.29, 0.717) is 0 Å². The highest BCUT2D eigenvalue weighted by atomic mass is 35.5. The standard InChI is InChI=1S/C9H11ClF2N2OS/c1-6-13-7(5-16-6)9(15)14(3-2-10)4-8(11)12/h5,8H,2-4H2,1H3. The Balaban J connectivity index is 2.74. The summed E-state index contributed by atoms with van der Waals surface area (Å²) in [6, 6.07) is 0. The Hall–Kier alpha value is -0.750. The second kappa shape index (κ2) is 6.10. The Morgan fingerprint density at radius 3 is 2.81 bits per heavy atom. The largest absolute Gasteiger partial charge is 0.330 e. The number of hydrogen-bond donors (Lipinski definition) is 0. The van der Waals surface area contributed by atoms with E-state index in [1.807, 2.05) is 0 Å². The van der Waals surface area contributed by atoms with Crippen LogP contribution in [0.2, 0.25) is 0 Å². The van der Waals surface area contributed by atoms with Crippen molar-refractivity contribution in [1.82, 2.24) is 9.88 Å². The fraction of sp³-hybridized carbons (Fsp3) is 0.556. The Bertz CT molecular complexity index is 359. The molecule has 0 atom stereocenters. The van der Waals surface area contributed by atoms with Crippen molar-refractivity contribution in [1.29, 1.82) is 0 Å². The average molecular weight is 269 g/mol. The molecule has 0 aliphatic heterocycles. The second-order valence-corrected chi connectivity index (χ2v) is 4.52. The lowest BCUT2D eigenvalue weighted by Gasteiger charge is -2.19. The second-order valence-electron chi connectivity index (χ2n) is 3.08. The molecule has 0 aromatic carbocycles. The Labute approximate surface area is 101 Å². The first-order valence-electron chi connectivity index (χ1n) is 4.60. The van der Waals surface area contributed by atoms with Crippen LogP contribution in [0, 0.1) is 6.92 Å². The van der Waals surface area contributed by atoms with Crippen LogP contribution in [0.1, 0.15) is 15.5 Å². The highest BCUT2D eigenvalue weighted by Crippen LogP contribution is 2.11. The average Bonchev–Trinajstić information content (AvgIpc) is 2.62. The van der Waals surface area contributed by atoms with Crippen molar-refractivity contribution in [2.75, 3.05) is 19.0 Å². The summed E-state index contributed by atoms with van der Waals surface area (Å²) in [6.45, 7) is 1.24. The molecule has 90 valence electrons.